The number of hydrogen-bond acceptors (Lipinski definition) is 4. The minimum absolute atomic E-state index is 0.646. The molecule has 0 bridgehead atoms. The van der Waals surface area contributed by atoms with E-state index in [2.05, 4.69) is 202 Å². The van der Waals surface area contributed by atoms with Crippen molar-refractivity contribution in [2.24, 2.45) is 0 Å². The van der Waals surface area contributed by atoms with Crippen LogP contribution in [0.4, 0.5) is 0 Å². The summed E-state index contributed by atoms with van der Waals surface area (Å²) in [4.78, 5) is 16.5. The van der Waals surface area contributed by atoms with E-state index in [1.165, 1.54) is 53.1 Å². The molecule has 0 radical (unpaired) electrons. The van der Waals surface area contributed by atoms with Gasteiger partial charge < -0.3 is 4.57 Å². The van der Waals surface area contributed by atoms with Crippen LogP contribution in [0.1, 0.15) is 0 Å². The minimum Gasteiger partial charge on any atom is -0.309 e. The molecule has 13 aromatic rings. The third kappa shape index (κ3) is 5.22. The number of nitrogens with zero attached hydrogens (tertiary/aromatic N) is 5. The molecule has 61 heavy (non-hydrogen) atoms. The lowest BCUT2D eigenvalue weighted by molar-refractivity contribution is 1.02. The monoisotopic (exact) mass is 795 g/mol. The predicted octanol–water partition coefficient (Wildman–Crippen LogP) is 14.6. The molecular weight excluding hydrogens is 763 g/mol. The van der Waals surface area contributed by atoms with Crippen molar-refractivity contribution in [1.82, 2.24) is 24.1 Å². The first-order chi connectivity index (χ1) is 30.2. The van der Waals surface area contributed by atoms with Gasteiger partial charge in [0.05, 0.1) is 33.3 Å². The highest BCUT2D eigenvalue weighted by atomic mass is 32.1. The maximum atomic E-state index is 5.56. The van der Waals surface area contributed by atoms with Gasteiger partial charge in [-0.3, -0.25) is 9.55 Å². The van der Waals surface area contributed by atoms with Crippen LogP contribution in [0.3, 0.4) is 0 Å². The van der Waals surface area contributed by atoms with Gasteiger partial charge >= 0.3 is 0 Å². The van der Waals surface area contributed by atoms with Gasteiger partial charge in [-0.25, -0.2) is 9.97 Å². The van der Waals surface area contributed by atoms with Crippen LogP contribution in [0.25, 0.3) is 120 Å². The van der Waals surface area contributed by atoms with E-state index in [4.69, 9.17) is 9.97 Å². The molecule has 0 saturated carbocycles. The molecule has 5 nitrogen and oxygen atoms in total. The summed E-state index contributed by atoms with van der Waals surface area (Å²) in [6.45, 7) is 0. The normalized spacial score (nSPS) is 11.9. The van der Waals surface area contributed by atoms with Gasteiger partial charge in [0.1, 0.15) is 0 Å². The van der Waals surface area contributed by atoms with Crippen molar-refractivity contribution in [1.29, 1.82) is 0 Å². The zero-order valence-corrected chi connectivity index (χ0v) is 33.5. The number of pyridine rings is 1. The van der Waals surface area contributed by atoms with Gasteiger partial charge in [-0.15, -0.1) is 11.3 Å². The molecule has 0 N–H and O–H groups in total. The van der Waals surface area contributed by atoms with Gasteiger partial charge in [-0.1, -0.05) is 115 Å². The van der Waals surface area contributed by atoms with Crippen LogP contribution in [0.15, 0.2) is 200 Å². The highest BCUT2D eigenvalue weighted by Gasteiger charge is 2.22. The molecule has 8 aromatic carbocycles. The number of aromatic nitrogens is 5. The van der Waals surface area contributed by atoms with Crippen molar-refractivity contribution in [3.8, 4) is 44.5 Å². The minimum atomic E-state index is 0.646. The van der Waals surface area contributed by atoms with Gasteiger partial charge in [-0.05, 0) is 106 Å². The zero-order chi connectivity index (χ0) is 40.0. The molecule has 0 atom stereocenters. The van der Waals surface area contributed by atoms with Gasteiger partial charge in [0, 0.05) is 60.2 Å². The van der Waals surface area contributed by atoms with Crippen molar-refractivity contribution in [3.63, 3.8) is 0 Å². The second-order valence-corrected chi connectivity index (χ2v) is 16.7. The van der Waals surface area contributed by atoms with E-state index in [0.29, 0.717) is 5.95 Å². The fraction of sp³-hybridized carbons (Fsp3) is 0. The quantitative estimate of drug-likeness (QED) is 0.174. The average molecular weight is 796 g/mol. The number of thiophene rings is 1. The lowest BCUT2D eigenvalue weighted by Gasteiger charge is -2.13. The van der Waals surface area contributed by atoms with Crippen molar-refractivity contribution in [3.05, 3.63) is 200 Å². The van der Waals surface area contributed by atoms with E-state index in [1.807, 2.05) is 12.4 Å². The van der Waals surface area contributed by atoms with E-state index in [1.54, 1.807) is 11.3 Å². The number of fused-ring (bicyclic) bond motifs is 10. The first kappa shape index (κ1) is 34.0. The van der Waals surface area contributed by atoms with Crippen LogP contribution in [0, 0.1) is 0 Å². The van der Waals surface area contributed by atoms with Crippen molar-refractivity contribution >= 4 is 86.7 Å². The van der Waals surface area contributed by atoms with Crippen molar-refractivity contribution in [2.45, 2.75) is 0 Å². The molecule has 5 heterocycles. The lowest BCUT2D eigenvalue weighted by atomic mass is 9.97. The molecule has 0 unspecified atom stereocenters. The smallest absolute Gasteiger partial charge is 0.235 e. The summed E-state index contributed by atoms with van der Waals surface area (Å²) in [5.41, 5.74) is 12.1. The van der Waals surface area contributed by atoms with Crippen LogP contribution < -0.4 is 0 Å². The van der Waals surface area contributed by atoms with Crippen LogP contribution in [0.2, 0.25) is 0 Å². The number of para-hydroxylation sites is 2. The Bertz CT molecular complexity index is 3860. The molecule has 0 fully saturated rings. The summed E-state index contributed by atoms with van der Waals surface area (Å²) in [5, 5.41) is 9.40. The number of benzene rings is 8. The SMILES string of the molecule is c1ccc(-c2nc(-n3c4ccc(-c5cccc6c5c5ccccc5n6-c5ccccc5)cc4c4cc5ccccc5cc43)nc3ccc4cc(-c5ccncc5)sc4c23)cc1. The Hall–Kier alpha value is -7.93. The summed E-state index contributed by atoms with van der Waals surface area (Å²) in [7, 11) is 0. The fourth-order valence-electron chi connectivity index (χ4n) is 9.47. The van der Waals surface area contributed by atoms with E-state index in [0.717, 1.165) is 60.8 Å². The summed E-state index contributed by atoms with van der Waals surface area (Å²) in [5.74, 6) is 0.646. The fourth-order valence-corrected chi connectivity index (χ4v) is 10.7. The van der Waals surface area contributed by atoms with Crippen LogP contribution >= 0.6 is 11.3 Å². The van der Waals surface area contributed by atoms with E-state index in [9.17, 15) is 0 Å². The highest BCUT2D eigenvalue weighted by molar-refractivity contribution is 7.23. The van der Waals surface area contributed by atoms with Gasteiger partial charge in [0.15, 0.2) is 0 Å². The molecule has 0 saturated heterocycles. The Morgan fingerprint density at radius 1 is 0.410 bits per heavy atom. The molecular formula is C55H33N5S. The summed E-state index contributed by atoms with van der Waals surface area (Å²) in [6, 6.07) is 67.6. The van der Waals surface area contributed by atoms with Gasteiger partial charge in [0.2, 0.25) is 5.95 Å². The second-order valence-electron chi connectivity index (χ2n) is 15.6. The average Bonchev–Trinajstić information content (AvgIpc) is 4.01. The Morgan fingerprint density at radius 3 is 1.98 bits per heavy atom. The van der Waals surface area contributed by atoms with Gasteiger partial charge in [-0.2, -0.15) is 0 Å². The van der Waals surface area contributed by atoms with Crippen LogP contribution in [0.5, 0.6) is 0 Å². The summed E-state index contributed by atoms with van der Waals surface area (Å²) < 4.78 is 5.83. The van der Waals surface area contributed by atoms with Crippen molar-refractivity contribution < 1.29 is 0 Å². The first-order valence-corrected chi connectivity index (χ1v) is 21.3. The maximum Gasteiger partial charge on any atom is 0.235 e. The largest absolute Gasteiger partial charge is 0.309 e. The molecule has 0 spiro atoms. The maximum absolute atomic E-state index is 5.56. The molecule has 284 valence electrons. The zero-order valence-electron chi connectivity index (χ0n) is 32.7. The third-order valence-electron chi connectivity index (χ3n) is 12.2. The molecule has 0 aliphatic carbocycles. The standard InChI is InChI=1S/C55H33N5S/c1-3-12-35(13-4-1)53-52-45(24-22-39-33-50(61-54(39)52)34-26-28-56-29-27-34)57-55(58-53)60-47-25-23-38(31-43(47)44-30-36-14-7-8-15-37(36)32-49(44)60)41-19-11-21-48-51(41)42-18-9-10-20-46(42)59(48)40-16-5-2-6-17-40/h1-33H. The van der Waals surface area contributed by atoms with E-state index in [-0.39, 0.29) is 0 Å². The third-order valence-corrected chi connectivity index (χ3v) is 13.4. The van der Waals surface area contributed by atoms with E-state index >= 15 is 0 Å². The van der Waals surface area contributed by atoms with Crippen LogP contribution in [-0.4, -0.2) is 24.1 Å². The molecule has 6 heteroatoms. The molecule has 0 amide bonds. The topological polar surface area (TPSA) is 48.5 Å². The Balaban J connectivity index is 1.08. The number of hydrogen-bond donors (Lipinski definition) is 0. The Kier molecular flexibility index (Phi) is 7.41. The Morgan fingerprint density at radius 2 is 1.13 bits per heavy atom. The molecule has 13 rings (SSSR count). The van der Waals surface area contributed by atoms with Crippen LogP contribution in [-0.2, 0) is 0 Å². The number of rotatable bonds is 5. The lowest BCUT2D eigenvalue weighted by Crippen LogP contribution is -2.03. The van der Waals surface area contributed by atoms with Gasteiger partial charge in [0.25, 0.3) is 0 Å². The Labute approximate surface area is 354 Å². The molecule has 5 aromatic heterocycles. The molecule has 0 aliphatic heterocycles. The summed E-state index contributed by atoms with van der Waals surface area (Å²) >= 11 is 1.78. The molecule has 0 aliphatic rings. The second kappa shape index (κ2) is 13.3. The predicted molar refractivity (Wildman–Crippen MR) is 255 cm³/mol. The van der Waals surface area contributed by atoms with E-state index < -0.39 is 0 Å². The summed E-state index contributed by atoms with van der Waals surface area (Å²) in [6.07, 6.45) is 3.71. The van der Waals surface area contributed by atoms with Crippen molar-refractivity contribution in [2.75, 3.05) is 0 Å². The highest BCUT2D eigenvalue weighted by Crippen LogP contribution is 2.44. The first-order valence-electron chi connectivity index (χ1n) is 20.5.